The molecular formula is C19H20N2O. The van der Waals surface area contributed by atoms with Crippen molar-refractivity contribution in [2.75, 3.05) is 11.9 Å². The standard InChI is InChI=1S/C19H20N2O/c1-13-9-10-17-15(20-13)11-12-19(22-17)18(2,3)14-7-5-6-8-16(14)21(19)4/h5-12H,1-4H3. The highest BCUT2D eigenvalue weighted by Gasteiger charge is 2.57. The Bertz CT molecular complexity index is 794. The maximum atomic E-state index is 6.52. The minimum Gasteiger partial charge on any atom is -0.461 e. The van der Waals surface area contributed by atoms with E-state index in [1.165, 1.54) is 11.3 Å². The number of ether oxygens (including phenoxy) is 1. The Morgan fingerprint density at radius 2 is 1.86 bits per heavy atom. The van der Waals surface area contributed by atoms with Gasteiger partial charge in [0.25, 0.3) is 0 Å². The molecule has 0 radical (unpaired) electrons. The van der Waals surface area contributed by atoms with E-state index in [9.17, 15) is 0 Å². The molecule has 3 nitrogen and oxygen atoms in total. The van der Waals surface area contributed by atoms with Crippen LogP contribution in [0.5, 0.6) is 5.75 Å². The van der Waals surface area contributed by atoms with Crippen molar-refractivity contribution < 1.29 is 4.74 Å². The van der Waals surface area contributed by atoms with Gasteiger partial charge in [-0.1, -0.05) is 18.2 Å². The molecule has 0 amide bonds. The van der Waals surface area contributed by atoms with Crippen molar-refractivity contribution in [3.63, 3.8) is 0 Å². The molecule has 0 saturated heterocycles. The summed E-state index contributed by atoms with van der Waals surface area (Å²) >= 11 is 0. The molecule has 1 unspecified atom stereocenters. The number of benzene rings is 1. The fourth-order valence-electron chi connectivity index (χ4n) is 3.77. The van der Waals surface area contributed by atoms with Crippen molar-refractivity contribution in [2.24, 2.45) is 0 Å². The van der Waals surface area contributed by atoms with Gasteiger partial charge in [0.1, 0.15) is 11.4 Å². The van der Waals surface area contributed by atoms with E-state index in [1.807, 2.05) is 19.1 Å². The Labute approximate surface area is 131 Å². The van der Waals surface area contributed by atoms with Gasteiger partial charge in [-0.05, 0) is 56.7 Å². The van der Waals surface area contributed by atoms with Crippen molar-refractivity contribution in [1.82, 2.24) is 4.98 Å². The molecule has 0 saturated carbocycles. The van der Waals surface area contributed by atoms with E-state index in [0.717, 1.165) is 17.1 Å². The quantitative estimate of drug-likeness (QED) is 0.736. The van der Waals surface area contributed by atoms with Gasteiger partial charge in [-0.2, -0.15) is 0 Å². The first-order valence-electron chi connectivity index (χ1n) is 7.65. The van der Waals surface area contributed by atoms with Gasteiger partial charge in [-0.3, -0.25) is 0 Å². The van der Waals surface area contributed by atoms with Gasteiger partial charge in [0.15, 0.2) is 0 Å². The highest BCUT2D eigenvalue weighted by atomic mass is 16.5. The Balaban J connectivity index is 1.89. The maximum absolute atomic E-state index is 6.52. The van der Waals surface area contributed by atoms with Gasteiger partial charge in [0.05, 0.1) is 5.41 Å². The van der Waals surface area contributed by atoms with Crippen LogP contribution in [-0.4, -0.2) is 17.8 Å². The van der Waals surface area contributed by atoms with E-state index in [1.54, 1.807) is 0 Å². The summed E-state index contributed by atoms with van der Waals surface area (Å²) in [6.07, 6.45) is 4.25. The molecule has 4 rings (SSSR count). The molecule has 1 aromatic heterocycles. The van der Waals surface area contributed by atoms with E-state index >= 15 is 0 Å². The third-order valence-electron chi connectivity index (χ3n) is 5.09. The van der Waals surface area contributed by atoms with Gasteiger partial charge in [-0.25, -0.2) is 4.98 Å². The number of rotatable bonds is 0. The van der Waals surface area contributed by atoms with E-state index in [-0.39, 0.29) is 5.41 Å². The number of aromatic nitrogens is 1. The normalized spacial score (nSPS) is 24.1. The van der Waals surface area contributed by atoms with Crippen molar-refractivity contribution in [2.45, 2.75) is 31.9 Å². The van der Waals surface area contributed by atoms with Crippen LogP contribution in [0.2, 0.25) is 0 Å². The van der Waals surface area contributed by atoms with Crippen LogP contribution < -0.4 is 9.64 Å². The Morgan fingerprint density at radius 3 is 2.64 bits per heavy atom. The zero-order chi connectivity index (χ0) is 15.5. The molecular weight excluding hydrogens is 272 g/mol. The van der Waals surface area contributed by atoms with Crippen molar-refractivity contribution >= 4 is 11.8 Å². The largest absolute Gasteiger partial charge is 0.461 e. The van der Waals surface area contributed by atoms with Crippen LogP contribution in [0.25, 0.3) is 6.08 Å². The highest BCUT2D eigenvalue weighted by molar-refractivity contribution is 5.71. The molecule has 2 aliphatic heterocycles. The summed E-state index contributed by atoms with van der Waals surface area (Å²) in [6.45, 7) is 6.48. The first-order chi connectivity index (χ1) is 10.5. The molecule has 3 heterocycles. The Morgan fingerprint density at radius 1 is 1.09 bits per heavy atom. The maximum Gasteiger partial charge on any atom is 0.211 e. The molecule has 0 fully saturated rings. The number of pyridine rings is 1. The van der Waals surface area contributed by atoms with Gasteiger partial charge >= 0.3 is 0 Å². The molecule has 1 spiro atoms. The molecule has 1 atom stereocenters. The van der Waals surface area contributed by atoms with Gasteiger partial charge in [0.2, 0.25) is 5.72 Å². The summed E-state index contributed by atoms with van der Waals surface area (Å²) < 4.78 is 6.52. The summed E-state index contributed by atoms with van der Waals surface area (Å²) in [5.74, 6) is 0.848. The predicted molar refractivity (Wildman–Crippen MR) is 89.2 cm³/mol. The number of hydrogen-bond acceptors (Lipinski definition) is 3. The third-order valence-corrected chi connectivity index (χ3v) is 5.09. The topological polar surface area (TPSA) is 25.4 Å². The molecule has 22 heavy (non-hydrogen) atoms. The van der Waals surface area contributed by atoms with Gasteiger partial charge in [0, 0.05) is 18.4 Å². The molecule has 0 N–H and O–H groups in total. The summed E-state index contributed by atoms with van der Waals surface area (Å²) in [7, 11) is 2.10. The first kappa shape index (κ1) is 13.4. The minimum absolute atomic E-state index is 0.155. The highest BCUT2D eigenvalue weighted by Crippen LogP contribution is 2.53. The average molecular weight is 292 g/mol. The first-order valence-corrected chi connectivity index (χ1v) is 7.65. The predicted octanol–water partition coefficient (Wildman–Crippen LogP) is 3.92. The SMILES string of the molecule is Cc1ccc2c(n1)C=CC1(O2)N(C)c2ccccc2C1(C)C. The minimum atomic E-state index is -0.513. The lowest BCUT2D eigenvalue weighted by molar-refractivity contribution is 0.0576. The number of fused-ring (bicyclic) bond motifs is 2. The summed E-state index contributed by atoms with van der Waals surface area (Å²) in [6, 6.07) is 12.6. The fourth-order valence-corrected chi connectivity index (χ4v) is 3.77. The Kier molecular flexibility index (Phi) is 2.51. The lowest BCUT2D eigenvalue weighted by Gasteiger charge is -2.45. The van der Waals surface area contributed by atoms with E-state index < -0.39 is 5.72 Å². The van der Waals surface area contributed by atoms with Crippen LogP contribution in [0.15, 0.2) is 42.5 Å². The summed E-state index contributed by atoms with van der Waals surface area (Å²) in [5, 5.41) is 0. The number of likely N-dealkylation sites (N-methyl/N-ethyl adjacent to an activating group) is 1. The molecule has 0 bridgehead atoms. The van der Waals surface area contributed by atoms with Crippen LogP contribution in [0.1, 0.15) is 30.8 Å². The van der Waals surface area contributed by atoms with Crippen LogP contribution >= 0.6 is 0 Å². The molecule has 1 aromatic carbocycles. The number of para-hydroxylation sites is 1. The van der Waals surface area contributed by atoms with E-state index in [0.29, 0.717) is 0 Å². The number of hydrogen-bond donors (Lipinski definition) is 0. The molecule has 2 aliphatic rings. The average Bonchev–Trinajstić information content (AvgIpc) is 2.67. The molecule has 112 valence electrons. The fraction of sp³-hybridized carbons (Fsp3) is 0.316. The third kappa shape index (κ3) is 1.48. The number of aryl methyl sites for hydroxylation is 1. The molecule has 0 aliphatic carbocycles. The zero-order valence-corrected chi connectivity index (χ0v) is 13.4. The second-order valence-corrected chi connectivity index (χ2v) is 6.67. The lowest BCUT2D eigenvalue weighted by atomic mass is 9.76. The second kappa shape index (κ2) is 4.13. The van der Waals surface area contributed by atoms with Crippen molar-refractivity contribution in [3.8, 4) is 5.75 Å². The number of nitrogens with zero attached hydrogens (tertiary/aromatic N) is 2. The molecule has 3 heteroatoms. The Hall–Kier alpha value is -2.29. The number of anilines is 1. The van der Waals surface area contributed by atoms with Crippen LogP contribution in [0, 0.1) is 6.92 Å². The van der Waals surface area contributed by atoms with Gasteiger partial charge < -0.3 is 9.64 Å². The van der Waals surface area contributed by atoms with Crippen molar-refractivity contribution in [1.29, 1.82) is 0 Å². The zero-order valence-electron chi connectivity index (χ0n) is 13.4. The van der Waals surface area contributed by atoms with Crippen LogP contribution in [0.3, 0.4) is 0 Å². The van der Waals surface area contributed by atoms with Crippen LogP contribution in [-0.2, 0) is 5.41 Å². The molecule has 2 aromatic rings. The van der Waals surface area contributed by atoms with Crippen LogP contribution in [0.4, 0.5) is 5.69 Å². The summed E-state index contributed by atoms with van der Waals surface area (Å²) in [4.78, 5) is 6.80. The smallest absolute Gasteiger partial charge is 0.211 e. The second-order valence-electron chi connectivity index (χ2n) is 6.67. The summed E-state index contributed by atoms with van der Waals surface area (Å²) in [5.41, 5.74) is 3.78. The monoisotopic (exact) mass is 292 g/mol. The van der Waals surface area contributed by atoms with E-state index in [4.69, 9.17) is 4.74 Å². The van der Waals surface area contributed by atoms with Gasteiger partial charge in [-0.15, -0.1) is 0 Å². The lowest BCUT2D eigenvalue weighted by Crippen LogP contribution is -2.58. The van der Waals surface area contributed by atoms with E-state index in [2.05, 4.69) is 67.2 Å². The van der Waals surface area contributed by atoms with Crippen molar-refractivity contribution in [3.05, 3.63) is 59.4 Å².